The zero-order valence-corrected chi connectivity index (χ0v) is 12.3. The van der Waals surface area contributed by atoms with Crippen molar-refractivity contribution in [2.45, 2.75) is 31.1 Å². The second-order valence-corrected chi connectivity index (χ2v) is 4.29. The fourth-order valence-corrected chi connectivity index (χ4v) is 1.11. The van der Waals surface area contributed by atoms with Gasteiger partial charge in [0.2, 0.25) is 5.91 Å². The first-order valence-corrected chi connectivity index (χ1v) is 6.37. The molecule has 0 aliphatic heterocycles. The Balaban J connectivity index is 0. The van der Waals surface area contributed by atoms with Crippen molar-refractivity contribution >= 4 is 36.4 Å². The van der Waals surface area contributed by atoms with Crippen LogP contribution in [0.15, 0.2) is 0 Å². The van der Waals surface area contributed by atoms with E-state index in [0.29, 0.717) is 0 Å². The quantitative estimate of drug-likeness (QED) is 0.323. The standard InChI is InChI=1S/C8H14N2O5S.C2HF3O2/c9-4(7(12)13)1-2-6(11)10-5(3-16)8(14)15;3-2(4,5)1(6)7/h4-5,16H,1-3,9H2,(H,10,11)(H,12,13)(H,14,15);(H,6,7)/t4-,5-;/m0./s1. The Morgan fingerprint density at radius 2 is 1.52 bits per heavy atom. The Hall–Kier alpha value is -2.02. The van der Waals surface area contributed by atoms with Crippen molar-refractivity contribution in [1.29, 1.82) is 0 Å². The van der Waals surface area contributed by atoms with Crippen LogP contribution in [0.2, 0.25) is 0 Å². The summed E-state index contributed by atoms with van der Waals surface area (Å²) in [5.74, 6) is -5.74. The Bertz CT molecular complexity index is 445. The lowest BCUT2D eigenvalue weighted by atomic mass is 10.1. The third-order valence-electron chi connectivity index (χ3n) is 2.06. The molecule has 0 fully saturated rings. The maximum Gasteiger partial charge on any atom is 0.490 e. The number of thiol groups is 1. The summed E-state index contributed by atoms with van der Waals surface area (Å²) in [6.07, 6.45) is -5.26. The average Bonchev–Trinajstić information content (AvgIpc) is 2.41. The average molecular weight is 364 g/mol. The maximum atomic E-state index is 11.2. The monoisotopic (exact) mass is 364 g/mol. The van der Waals surface area contributed by atoms with Crippen molar-refractivity contribution < 1.29 is 47.7 Å². The molecule has 0 unspecified atom stereocenters. The molecule has 0 aliphatic rings. The van der Waals surface area contributed by atoms with E-state index < -0.39 is 42.1 Å². The third-order valence-corrected chi connectivity index (χ3v) is 2.42. The number of halogens is 3. The molecule has 0 aromatic heterocycles. The highest BCUT2D eigenvalue weighted by Crippen LogP contribution is 2.13. The van der Waals surface area contributed by atoms with Gasteiger partial charge < -0.3 is 26.4 Å². The molecular weight excluding hydrogens is 349 g/mol. The fourth-order valence-electron chi connectivity index (χ4n) is 0.862. The van der Waals surface area contributed by atoms with Gasteiger partial charge in [0.05, 0.1) is 0 Å². The van der Waals surface area contributed by atoms with Gasteiger partial charge in [-0.2, -0.15) is 25.8 Å². The number of aliphatic carboxylic acids is 3. The van der Waals surface area contributed by atoms with Gasteiger partial charge >= 0.3 is 24.1 Å². The summed E-state index contributed by atoms with van der Waals surface area (Å²) in [5, 5.41) is 26.4. The normalized spacial score (nSPS) is 13.1. The van der Waals surface area contributed by atoms with Crippen LogP contribution in [0.5, 0.6) is 0 Å². The number of alkyl halides is 3. The van der Waals surface area contributed by atoms with Crippen molar-refractivity contribution in [3.63, 3.8) is 0 Å². The topological polar surface area (TPSA) is 167 Å². The second kappa shape index (κ2) is 10.7. The van der Waals surface area contributed by atoms with Crippen molar-refractivity contribution in [3.8, 4) is 0 Å². The van der Waals surface area contributed by atoms with Crippen molar-refractivity contribution in [2.24, 2.45) is 5.73 Å². The number of rotatable bonds is 7. The fraction of sp³-hybridized carbons (Fsp3) is 0.600. The number of carboxylic acid groups (broad SMARTS) is 3. The summed E-state index contributed by atoms with van der Waals surface area (Å²) in [6, 6.07) is -2.19. The van der Waals surface area contributed by atoms with Crippen LogP contribution in [-0.2, 0) is 19.2 Å². The first-order chi connectivity index (χ1) is 10.3. The van der Waals surface area contributed by atoms with E-state index in [1.54, 1.807) is 0 Å². The molecular formula is C10H15F3N2O7S. The summed E-state index contributed by atoms with van der Waals surface area (Å²) in [5.41, 5.74) is 5.18. The highest BCUT2D eigenvalue weighted by molar-refractivity contribution is 7.80. The molecule has 0 radical (unpaired) electrons. The highest BCUT2D eigenvalue weighted by Gasteiger charge is 2.38. The molecule has 0 saturated carbocycles. The number of carbonyl (C=O) groups is 4. The number of carbonyl (C=O) groups excluding carboxylic acids is 1. The smallest absolute Gasteiger partial charge is 0.480 e. The van der Waals surface area contributed by atoms with Gasteiger partial charge in [0, 0.05) is 12.2 Å². The van der Waals surface area contributed by atoms with Crippen LogP contribution in [0, 0.1) is 0 Å². The van der Waals surface area contributed by atoms with E-state index in [1.807, 2.05) is 0 Å². The van der Waals surface area contributed by atoms with E-state index in [-0.39, 0.29) is 18.6 Å². The lowest BCUT2D eigenvalue weighted by molar-refractivity contribution is -0.192. The molecule has 9 nitrogen and oxygen atoms in total. The van der Waals surface area contributed by atoms with Crippen LogP contribution < -0.4 is 11.1 Å². The van der Waals surface area contributed by atoms with Gasteiger partial charge in [-0.25, -0.2) is 9.59 Å². The number of amides is 1. The first kappa shape index (κ1) is 23.2. The molecule has 1 amide bonds. The molecule has 0 heterocycles. The Labute approximate surface area is 133 Å². The molecule has 23 heavy (non-hydrogen) atoms. The van der Waals surface area contributed by atoms with Crippen LogP contribution in [0.4, 0.5) is 13.2 Å². The Morgan fingerprint density at radius 3 is 1.78 bits per heavy atom. The van der Waals surface area contributed by atoms with Crippen molar-refractivity contribution in [2.75, 3.05) is 5.75 Å². The molecule has 0 aliphatic carbocycles. The lowest BCUT2D eigenvalue weighted by Crippen LogP contribution is -2.42. The van der Waals surface area contributed by atoms with Crippen LogP contribution in [-0.4, -0.2) is 63.1 Å². The molecule has 0 spiro atoms. The molecule has 0 rings (SSSR count). The molecule has 6 N–H and O–H groups in total. The van der Waals surface area contributed by atoms with Gasteiger partial charge in [-0.1, -0.05) is 0 Å². The molecule has 134 valence electrons. The molecule has 13 heteroatoms. The van der Waals surface area contributed by atoms with E-state index >= 15 is 0 Å². The summed E-state index contributed by atoms with van der Waals surface area (Å²) in [4.78, 5) is 40.9. The Morgan fingerprint density at radius 1 is 1.09 bits per heavy atom. The number of hydrogen-bond acceptors (Lipinski definition) is 6. The minimum atomic E-state index is -5.08. The van der Waals surface area contributed by atoms with Crippen LogP contribution >= 0.6 is 12.6 Å². The van der Waals surface area contributed by atoms with Gasteiger partial charge in [0.1, 0.15) is 12.1 Å². The second-order valence-electron chi connectivity index (χ2n) is 3.93. The van der Waals surface area contributed by atoms with E-state index in [0.717, 1.165) is 0 Å². The zero-order valence-electron chi connectivity index (χ0n) is 11.4. The Kier molecular flexibility index (Phi) is 10.8. The largest absolute Gasteiger partial charge is 0.490 e. The lowest BCUT2D eigenvalue weighted by Gasteiger charge is -2.12. The van der Waals surface area contributed by atoms with Gasteiger partial charge in [0.25, 0.3) is 0 Å². The van der Waals surface area contributed by atoms with Crippen LogP contribution in [0.1, 0.15) is 12.8 Å². The molecule has 2 atom stereocenters. The number of hydrogen-bond donors (Lipinski definition) is 6. The summed E-state index contributed by atoms with van der Waals surface area (Å²) in [6.45, 7) is 0. The predicted octanol–water partition coefficient (Wildman–Crippen LogP) is -0.689. The first-order valence-electron chi connectivity index (χ1n) is 5.74. The number of nitrogens with two attached hydrogens (primary N) is 1. The molecule has 0 bridgehead atoms. The SMILES string of the molecule is N[C@@H](CCC(=O)N[C@@H](CS)C(=O)O)C(=O)O.O=C(O)C(F)(F)F. The summed E-state index contributed by atoms with van der Waals surface area (Å²) < 4.78 is 31.7. The maximum absolute atomic E-state index is 11.2. The van der Waals surface area contributed by atoms with E-state index in [9.17, 15) is 27.6 Å². The van der Waals surface area contributed by atoms with Crippen LogP contribution in [0.3, 0.4) is 0 Å². The van der Waals surface area contributed by atoms with Gasteiger partial charge in [0.15, 0.2) is 0 Å². The molecule has 0 aromatic rings. The van der Waals surface area contributed by atoms with E-state index in [4.69, 9.17) is 25.8 Å². The van der Waals surface area contributed by atoms with Gasteiger partial charge in [-0.15, -0.1) is 0 Å². The summed E-state index contributed by atoms with van der Waals surface area (Å²) >= 11 is 3.76. The number of nitrogens with one attached hydrogen (secondary N) is 1. The minimum Gasteiger partial charge on any atom is -0.480 e. The molecule has 0 aromatic carbocycles. The van der Waals surface area contributed by atoms with E-state index in [1.165, 1.54) is 0 Å². The number of carboxylic acids is 3. The third kappa shape index (κ3) is 12.2. The predicted molar refractivity (Wildman–Crippen MR) is 72.0 cm³/mol. The van der Waals surface area contributed by atoms with Gasteiger partial charge in [-0.05, 0) is 6.42 Å². The summed E-state index contributed by atoms with van der Waals surface area (Å²) in [7, 11) is 0. The zero-order chi connectivity index (χ0) is 18.8. The van der Waals surface area contributed by atoms with Crippen molar-refractivity contribution in [1.82, 2.24) is 5.32 Å². The minimum absolute atomic E-state index is 0.0357. The van der Waals surface area contributed by atoms with E-state index in [2.05, 4.69) is 17.9 Å². The van der Waals surface area contributed by atoms with Gasteiger partial charge in [-0.3, -0.25) is 9.59 Å². The molecule has 0 saturated heterocycles. The highest BCUT2D eigenvalue weighted by atomic mass is 32.1. The van der Waals surface area contributed by atoms with Crippen molar-refractivity contribution in [3.05, 3.63) is 0 Å². The van der Waals surface area contributed by atoms with Crippen LogP contribution in [0.25, 0.3) is 0 Å².